The number of aromatic nitrogens is 1. The van der Waals surface area contributed by atoms with Gasteiger partial charge in [-0.15, -0.1) is 0 Å². The molecule has 1 aliphatic heterocycles. The minimum absolute atomic E-state index is 0.264. The molecule has 2 N–H and O–H groups in total. The summed E-state index contributed by atoms with van der Waals surface area (Å²) in [5.74, 6) is -0.284. The number of aryl methyl sites for hydroxylation is 1. The largest absolute Gasteiger partial charge is 0.478 e. The number of rotatable bonds is 4. The Bertz CT molecular complexity index is 486. The molecule has 0 spiro atoms. The molecule has 0 saturated carbocycles. The standard InChI is InChI=1S/C14H20N2O3/c1-3-4-11-7-10(13(17)18)8-12(15-11)16-6-5-14(2,19)9-16/h7-8,19H,3-6,9H2,1-2H3,(H,17,18). The number of aromatic carboxylic acids is 1. The summed E-state index contributed by atoms with van der Waals surface area (Å²) in [4.78, 5) is 17.6. The van der Waals surface area contributed by atoms with Crippen molar-refractivity contribution in [1.82, 2.24) is 4.98 Å². The van der Waals surface area contributed by atoms with Crippen molar-refractivity contribution >= 4 is 11.8 Å². The lowest BCUT2D eigenvalue weighted by molar-refractivity contribution is 0.0696. The molecule has 5 heteroatoms. The Kier molecular flexibility index (Phi) is 3.75. The quantitative estimate of drug-likeness (QED) is 0.865. The minimum Gasteiger partial charge on any atom is -0.478 e. The van der Waals surface area contributed by atoms with E-state index in [1.807, 2.05) is 11.8 Å². The van der Waals surface area contributed by atoms with E-state index in [0.29, 0.717) is 25.3 Å². The van der Waals surface area contributed by atoms with E-state index in [4.69, 9.17) is 5.11 Å². The van der Waals surface area contributed by atoms with Crippen LogP contribution in [0.5, 0.6) is 0 Å². The Labute approximate surface area is 112 Å². The van der Waals surface area contributed by atoms with E-state index in [1.54, 1.807) is 19.1 Å². The lowest BCUT2D eigenvalue weighted by Crippen LogP contribution is -2.30. The van der Waals surface area contributed by atoms with Crippen molar-refractivity contribution < 1.29 is 15.0 Å². The van der Waals surface area contributed by atoms with Crippen molar-refractivity contribution in [1.29, 1.82) is 0 Å². The van der Waals surface area contributed by atoms with E-state index < -0.39 is 11.6 Å². The average Bonchev–Trinajstić information content (AvgIpc) is 2.70. The van der Waals surface area contributed by atoms with Gasteiger partial charge in [-0.2, -0.15) is 0 Å². The lowest BCUT2D eigenvalue weighted by atomic mass is 10.1. The first kappa shape index (κ1) is 13.8. The van der Waals surface area contributed by atoms with Crippen molar-refractivity contribution in [2.24, 2.45) is 0 Å². The van der Waals surface area contributed by atoms with Crippen LogP contribution in [0, 0.1) is 0 Å². The van der Waals surface area contributed by atoms with Gasteiger partial charge in [0, 0.05) is 18.8 Å². The molecular formula is C14H20N2O3. The molecule has 0 aliphatic carbocycles. The molecule has 5 nitrogen and oxygen atoms in total. The fourth-order valence-electron chi connectivity index (χ4n) is 2.38. The zero-order valence-corrected chi connectivity index (χ0v) is 11.4. The van der Waals surface area contributed by atoms with Gasteiger partial charge < -0.3 is 15.1 Å². The number of aliphatic hydroxyl groups is 1. The van der Waals surface area contributed by atoms with Crippen LogP contribution in [-0.4, -0.2) is 39.9 Å². The van der Waals surface area contributed by atoms with Gasteiger partial charge in [-0.05, 0) is 31.9 Å². The molecule has 0 bridgehead atoms. The number of nitrogens with zero attached hydrogens (tertiary/aromatic N) is 2. The Morgan fingerprint density at radius 3 is 2.79 bits per heavy atom. The van der Waals surface area contributed by atoms with Crippen LogP contribution < -0.4 is 4.90 Å². The third-order valence-electron chi connectivity index (χ3n) is 3.39. The molecule has 1 saturated heterocycles. The van der Waals surface area contributed by atoms with Crippen molar-refractivity contribution in [2.45, 2.75) is 38.7 Å². The zero-order chi connectivity index (χ0) is 14.0. The third kappa shape index (κ3) is 3.23. The topological polar surface area (TPSA) is 73.7 Å². The summed E-state index contributed by atoms with van der Waals surface area (Å²) in [5, 5.41) is 19.1. The van der Waals surface area contributed by atoms with Crippen LogP contribution in [0.25, 0.3) is 0 Å². The van der Waals surface area contributed by atoms with Gasteiger partial charge in [0.15, 0.2) is 0 Å². The number of carboxylic acid groups (broad SMARTS) is 1. The number of anilines is 1. The van der Waals surface area contributed by atoms with Crippen molar-refractivity contribution in [3.8, 4) is 0 Å². The summed E-state index contributed by atoms with van der Waals surface area (Å²) in [5.41, 5.74) is 0.343. The van der Waals surface area contributed by atoms with Gasteiger partial charge in [-0.3, -0.25) is 0 Å². The van der Waals surface area contributed by atoms with Crippen molar-refractivity contribution in [3.63, 3.8) is 0 Å². The van der Waals surface area contributed by atoms with Gasteiger partial charge >= 0.3 is 5.97 Å². The predicted octanol–water partition coefficient (Wildman–Crippen LogP) is 1.69. The fourth-order valence-corrected chi connectivity index (χ4v) is 2.38. The molecule has 1 atom stereocenters. The van der Waals surface area contributed by atoms with Gasteiger partial charge in [0.25, 0.3) is 0 Å². The van der Waals surface area contributed by atoms with Gasteiger partial charge in [0.1, 0.15) is 5.82 Å². The van der Waals surface area contributed by atoms with Gasteiger partial charge in [-0.25, -0.2) is 9.78 Å². The lowest BCUT2D eigenvalue weighted by Gasteiger charge is -2.20. The molecular weight excluding hydrogens is 244 g/mol. The van der Waals surface area contributed by atoms with Gasteiger partial charge in [0.2, 0.25) is 0 Å². The molecule has 2 rings (SSSR count). The molecule has 104 valence electrons. The van der Waals surface area contributed by atoms with E-state index in [1.165, 1.54) is 0 Å². The van der Waals surface area contributed by atoms with Gasteiger partial charge in [-0.1, -0.05) is 13.3 Å². The number of carbonyl (C=O) groups is 1. The molecule has 1 aliphatic rings. The summed E-state index contributed by atoms with van der Waals surface area (Å²) in [7, 11) is 0. The second kappa shape index (κ2) is 5.17. The molecule has 1 aromatic rings. The number of carboxylic acids is 1. The fraction of sp³-hybridized carbons (Fsp3) is 0.571. The number of pyridine rings is 1. The first-order valence-electron chi connectivity index (χ1n) is 6.63. The van der Waals surface area contributed by atoms with Crippen LogP contribution in [-0.2, 0) is 6.42 Å². The molecule has 19 heavy (non-hydrogen) atoms. The maximum atomic E-state index is 11.2. The maximum absolute atomic E-state index is 11.2. The summed E-state index contributed by atoms with van der Waals surface area (Å²) in [6.07, 6.45) is 2.36. The van der Waals surface area contributed by atoms with E-state index >= 15 is 0 Å². The smallest absolute Gasteiger partial charge is 0.335 e. The summed E-state index contributed by atoms with van der Waals surface area (Å²) < 4.78 is 0. The molecule has 0 radical (unpaired) electrons. The van der Waals surface area contributed by atoms with Crippen LogP contribution in [0.4, 0.5) is 5.82 Å². The first-order chi connectivity index (χ1) is 8.91. The normalized spacial score (nSPS) is 22.8. The van der Waals surface area contributed by atoms with Crippen molar-refractivity contribution in [3.05, 3.63) is 23.4 Å². The Morgan fingerprint density at radius 1 is 1.53 bits per heavy atom. The highest BCUT2D eigenvalue weighted by molar-refractivity contribution is 5.88. The highest BCUT2D eigenvalue weighted by atomic mass is 16.4. The zero-order valence-electron chi connectivity index (χ0n) is 11.4. The van der Waals surface area contributed by atoms with Crippen LogP contribution in [0.3, 0.4) is 0 Å². The molecule has 0 aromatic carbocycles. The third-order valence-corrected chi connectivity index (χ3v) is 3.39. The maximum Gasteiger partial charge on any atom is 0.335 e. The summed E-state index contributed by atoms with van der Waals surface area (Å²) >= 11 is 0. The monoisotopic (exact) mass is 264 g/mol. The predicted molar refractivity (Wildman–Crippen MR) is 72.6 cm³/mol. The van der Waals surface area contributed by atoms with E-state index in [-0.39, 0.29) is 5.56 Å². The molecule has 1 unspecified atom stereocenters. The number of β-amino-alcohol motifs (C(OH)–C–C–N with tert-alkyl or cyclic N) is 1. The Morgan fingerprint density at radius 2 is 2.26 bits per heavy atom. The Hall–Kier alpha value is -1.62. The highest BCUT2D eigenvalue weighted by Crippen LogP contribution is 2.26. The molecule has 1 aromatic heterocycles. The van der Waals surface area contributed by atoms with E-state index in [0.717, 1.165) is 18.5 Å². The molecule has 0 amide bonds. The van der Waals surface area contributed by atoms with Crippen LogP contribution in [0.1, 0.15) is 42.7 Å². The van der Waals surface area contributed by atoms with Crippen LogP contribution in [0.15, 0.2) is 12.1 Å². The number of hydrogen-bond acceptors (Lipinski definition) is 4. The second-order valence-corrected chi connectivity index (χ2v) is 5.43. The number of hydrogen-bond donors (Lipinski definition) is 2. The van der Waals surface area contributed by atoms with Crippen LogP contribution in [0.2, 0.25) is 0 Å². The van der Waals surface area contributed by atoms with Gasteiger partial charge in [0.05, 0.1) is 11.2 Å². The average molecular weight is 264 g/mol. The van der Waals surface area contributed by atoms with E-state index in [9.17, 15) is 9.90 Å². The summed E-state index contributed by atoms with van der Waals surface area (Å²) in [6, 6.07) is 3.21. The van der Waals surface area contributed by atoms with E-state index in [2.05, 4.69) is 4.98 Å². The van der Waals surface area contributed by atoms with Crippen molar-refractivity contribution in [2.75, 3.05) is 18.0 Å². The second-order valence-electron chi connectivity index (χ2n) is 5.43. The molecule has 2 heterocycles. The highest BCUT2D eigenvalue weighted by Gasteiger charge is 2.32. The SMILES string of the molecule is CCCc1cc(C(=O)O)cc(N2CCC(C)(O)C2)n1. The summed E-state index contributed by atoms with van der Waals surface area (Å²) in [6.45, 7) is 5.03. The minimum atomic E-state index is -0.938. The Balaban J connectivity index is 2.31. The first-order valence-corrected chi connectivity index (χ1v) is 6.63. The molecule has 1 fully saturated rings. The van der Waals surface area contributed by atoms with Crippen LogP contribution >= 0.6 is 0 Å².